The van der Waals surface area contributed by atoms with E-state index in [0.29, 0.717) is 5.65 Å². The van der Waals surface area contributed by atoms with Crippen molar-refractivity contribution in [1.82, 2.24) is 14.4 Å². The third-order valence-electron chi connectivity index (χ3n) is 1.97. The van der Waals surface area contributed by atoms with Gasteiger partial charge in [0.25, 0.3) is 0 Å². The van der Waals surface area contributed by atoms with Gasteiger partial charge in [0.05, 0.1) is 12.4 Å². The molecule has 0 unspecified atom stereocenters. The number of rotatable bonds is 0. The van der Waals surface area contributed by atoms with Gasteiger partial charge in [-0.1, -0.05) is 25.6 Å². The minimum absolute atomic E-state index is 0.0727. The lowest BCUT2D eigenvalue weighted by Gasteiger charge is -2.03. The Labute approximate surface area is 95.0 Å². The third-order valence-corrected chi connectivity index (χ3v) is 2.85. The summed E-state index contributed by atoms with van der Waals surface area (Å²) in [5.74, 6) is 3.17. The van der Waals surface area contributed by atoms with Crippen molar-refractivity contribution in [3.8, 4) is 17.2 Å². The van der Waals surface area contributed by atoms with Crippen molar-refractivity contribution in [1.29, 1.82) is 0 Å². The summed E-state index contributed by atoms with van der Waals surface area (Å²) >= 11 is 0. The molecule has 0 aliphatic carbocycles. The van der Waals surface area contributed by atoms with Crippen molar-refractivity contribution < 1.29 is 5.11 Å². The largest absolute Gasteiger partial charge is 0.503 e. The fourth-order valence-electron chi connectivity index (χ4n) is 1.24. The first-order valence-corrected chi connectivity index (χ1v) is 8.50. The Balaban J connectivity index is 2.54. The van der Waals surface area contributed by atoms with Crippen LogP contribution < -0.4 is 0 Å². The van der Waals surface area contributed by atoms with Crippen LogP contribution in [0.3, 0.4) is 0 Å². The lowest BCUT2D eigenvalue weighted by Crippen LogP contribution is -2.16. The number of aromatic nitrogens is 3. The van der Waals surface area contributed by atoms with E-state index >= 15 is 0 Å². The summed E-state index contributed by atoms with van der Waals surface area (Å²) < 4.78 is 1.70. The van der Waals surface area contributed by atoms with E-state index in [0.717, 1.165) is 5.69 Å². The second kappa shape index (κ2) is 3.65. The minimum atomic E-state index is -1.40. The number of aromatic hydroxyl groups is 1. The number of fused-ring (bicyclic) bond motifs is 1. The van der Waals surface area contributed by atoms with Crippen LogP contribution in [0.25, 0.3) is 5.65 Å². The highest BCUT2D eigenvalue weighted by Crippen LogP contribution is 2.15. The van der Waals surface area contributed by atoms with Gasteiger partial charge in [-0.25, -0.2) is 9.97 Å². The number of imidazole rings is 1. The highest BCUT2D eigenvalue weighted by molar-refractivity contribution is 6.83. The van der Waals surface area contributed by atoms with Gasteiger partial charge in [-0.15, -0.1) is 5.54 Å². The normalized spacial score (nSPS) is 11.2. The Bertz CT molecular complexity index is 587. The van der Waals surface area contributed by atoms with E-state index in [1.165, 1.54) is 6.20 Å². The molecule has 1 N–H and O–H groups in total. The van der Waals surface area contributed by atoms with E-state index in [1.54, 1.807) is 16.9 Å². The third kappa shape index (κ3) is 2.07. The summed E-state index contributed by atoms with van der Waals surface area (Å²) in [7, 11) is -1.40. The maximum absolute atomic E-state index is 9.53. The van der Waals surface area contributed by atoms with Crippen molar-refractivity contribution in [2.75, 3.05) is 0 Å². The number of hydrogen-bond acceptors (Lipinski definition) is 3. The van der Waals surface area contributed by atoms with E-state index in [2.05, 4.69) is 41.1 Å². The van der Waals surface area contributed by atoms with E-state index in [1.807, 2.05) is 0 Å². The van der Waals surface area contributed by atoms with Gasteiger partial charge in [0, 0.05) is 0 Å². The summed E-state index contributed by atoms with van der Waals surface area (Å²) in [4.78, 5) is 8.01. The van der Waals surface area contributed by atoms with E-state index < -0.39 is 8.07 Å². The fourth-order valence-corrected chi connectivity index (χ4v) is 1.74. The first-order valence-electron chi connectivity index (χ1n) is 5.00. The highest BCUT2D eigenvalue weighted by atomic mass is 28.3. The summed E-state index contributed by atoms with van der Waals surface area (Å²) in [6, 6.07) is 0. The van der Waals surface area contributed by atoms with Gasteiger partial charge in [0.1, 0.15) is 20.1 Å². The maximum atomic E-state index is 9.53. The van der Waals surface area contributed by atoms with Crippen LogP contribution in [0.1, 0.15) is 5.69 Å². The number of nitrogens with zero attached hydrogens (tertiary/aromatic N) is 3. The molecular weight excluding hydrogens is 218 g/mol. The minimum Gasteiger partial charge on any atom is -0.503 e. The molecule has 0 radical (unpaired) electrons. The fraction of sp³-hybridized carbons (Fsp3) is 0.273. The predicted molar refractivity (Wildman–Crippen MR) is 64.9 cm³/mol. The molecule has 0 fully saturated rings. The maximum Gasteiger partial charge on any atom is 0.183 e. The molecule has 0 atom stereocenters. The Hall–Kier alpha value is -1.80. The highest BCUT2D eigenvalue weighted by Gasteiger charge is 2.09. The Morgan fingerprint density at radius 1 is 1.31 bits per heavy atom. The molecule has 4 nitrogen and oxygen atoms in total. The van der Waals surface area contributed by atoms with Gasteiger partial charge in [0.15, 0.2) is 11.4 Å². The van der Waals surface area contributed by atoms with Crippen LogP contribution in [0.5, 0.6) is 5.75 Å². The van der Waals surface area contributed by atoms with Gasteiger partial charge < -0.3 is 5.11 Å². The number of hydrogen-bond donors (Lipinski definition) is 1. The van der Waals surface area contributed by atoms with Crippen molar-refractivity contribution in [3.63, 3.8) is 0 Å². The summed E-state index contributed by atoms with van der Waals surface area (Å²) in [6.45, 7) is 6.54. The molecule has 0 spiro atoms. The zero-order valence-electron chi connectivity index (χ0n) is 9.52. The quantitative estimate of drug-likeness (QED) is 0.554. The Kier molecular flexibility index (Phi) is 2.44. The zero-order valence-corrected chi connectivity index (χ0v) is 10.5. The average Bonchev–Trinajstić information content (AvgIpc) is 2.58. The monoisotopic (exact) mass is 231 g/mol. The van der Waals surface area contributed by atoms with E-state index in [-0.39, 0.29) is 5.75 Å². The van der Waals surface area contributed by atoms with Crippen LogP contribution in [-0.2, 0) is 0 Å². The molecule has 2 heterocycles. The first kappa shape index (κ1) is 10.7. The second-order valence-electron chi connectivity index (χ2n) is 4.62. The van der Waals surface area contributed by atoms with Gasteiger partial charge in [-0.05, 0) is 0 Å². The molecule has 16 heavy (non-hydrogen) atoms. The van der Waals surface area contributed by atoms with E-state index in [9.17, 15) is 5.11 Å². The summed E-state index contributed by atoms with van der Waals surface area (Å²) in [5.41, 5.74) is 4.51. The molecule has 0 aliphatic rings. The molecule has 0 aliphatic heterocycles. The van der Waals surface area contributed by atoms with Gasteiger partial charge in [0.2, 0.25) is 0 Å². The lowest BCUT2D eigenvalue weighted by atomic mass is 10.5. The first-order chi connectivity index (χ1) is 7.47. The van der Waals surface area contributed by atoms with Crippen LogP contribution in [0.4, 0.5) is 0 Å². The molecule has 0 amide bonds. The second-order valence-corrected chi connectivity index (χ2v) is 9.37. The molecular formula is C11H13N3OSi. The van der Waals surface area contributed by atoms with E-state index in [4.69, 9.17) is 0 Å². The Morgan fingerprint density at radius 3 is 2.75 bits per heavy atom. The summed E-state index contributed by atoms with van der Waals surface area (Å²) in [6.07, 6.45) is 4.64. The van der Waals surface area contributed by atoms with Crippen LogP contribution in [-0.4, -0.2) is 27.5 Å². The van der Waals surface area contributed by atoms with Crippen LogP contribution in [0, 0.1) is 11.5 Å². The SMILES string of the molecule is C[Si](C)(C)C#Cc1cnc2c(O)cncn12. The average molecular weight is 231 g/mol. The molecule has 0 bridgehead atoms. The smallest absolute Gasteiger partial charge is 0.183 e. The molecule has 2 aromatic heterocycles. The standard InChI is InChI=1S/C11H13N3OSi/c1-16(2,3)5-4-9-6-13-11-10(15)7-12-8-14(9)11/h6-8,15H,1-3H3. The topological polar surface area (TPSA) is 50.4 Å². The molecule has 5 heteroatoms. The van der Waals surface area contributed by atoms with Crippen molar-refractivity contribution in [2.24, 2.45) is 0 Å². The van der Waals surface area contributed by atoms with Crippen molar-refractivity contribution in [2.45, 2.75) is 19.6 Å². The molecule has 0 aromatic carbocycles. The van der Waals surface area contributed by atoms with Crippen molar-refractivity contribution >= 4 is 13.7 Å². The molecule has 82 valence electrons. The van der Waals surface area contributed by atoms with Gasteiger partial charge >= 0.3 is 0 Å². The molecule has 0 saturated carbocycles. The van der Waals surface area contributed by atoms with Crippen LogP contribution in [0.15, 0.2) is 18.7 Å². The van der Waals surface area contributed by atoms with Gasteiger partial charge in [-0.2, -0.15) is 0 Å². The van der Waals surface area contributed by atoms with Gasteiger partial charge in [-0.3, -0.25) is 4.40 Å². The Morgan fingerprint density at radius 2 is 2.06 bits per heavy atom. The van der Waals surface area contributed by atoms with Crippen molar-refractivity contribution in [3.05, 3.63) is 24.4 Å². The molecule has 0 saturated heterocycles. The molecule has 2 rings (SSSR count). The summed E-state index contributed by atoms with van der Waals surface area (Å²) in [5, 5.41) is 9.53. The van der Waals surface area contributed by atoms with Crippen LogP contribution in [0.2, 0.25) is 19.6 Å². The zero-order chi connectivity index (χ0) is 11.8. The molecule has 2 aromatic rings. The lowest BCUT2D eigenvalue weighted by molar-refractivity contribution is 0.474. The van der Waals surface area contributed by atoms with Crippen LogP contribution >= 0.6 is 0 Å². The predicted octanol–water partition coefficient (Wildman–Crippen LogP) is 1.66.